The largest absolute Gasteiger partial charge is 0.508 e. The number of nitrogens with zero attached hydrogens (tertiary/aromatic N) is 3. The topological polar surface area (TPSA) is 495 Å². The van der Waals surface area contributed by atoms with Crippen molar-refractivity contribution >= 4 is 111 Å². The second kappa shape index (κ2) is 40.6. The number of phenols is 1. The third-order valence-electron chi connectivity index (χ3n) is 17.4. The first-order valence-electron chi connectivity index (χ1n) is 34.4. The minimum Gasteiger partial charge on any atom is -0.508 e. The second-order valence-corrected chi connectivity index (χ2v) is 26.6. The van der Waals surface area contributed by atoms with Crippen LogP contribution in [0.3, 0.4) is 0 Å². The molecule has 21 N–H and O–H groups in total. The van der Waals surface area contributed by atoms with Gasteiger partial charge in [0.15, 0.2) is 11.9 Å². The number of primary amides is 1. The highest BCUT2D eigenvalue weighted by Gasteiger charge is 2.40. The SMILES string of the molecule is CC(=O)N[C@H](Cc1ccc2ccccc2c1)C(=O)N[C@H](Cc1ccc(Cl)cc1)C(=O)N[C@H](Cc1ccc(Cl)cc1)C(=O)N[C@@H](CO)C(=O)N[C@@H](Cc1ccc(O)cc1)C(=O)N[C@H](CCCN=C(N)N)C(=O)N[C@@H](Cc1ccccc1)C(=O)N[C@@H](CCCN=C(N)N)C(=O)N1CCC[C@H]1C(=O)N[C@H](C)C(N)=O. The molecule has 7 rings (SSSR count). The maximum Gasteiger partial charge on any atom is 0.245 e. The van der Waals surface area contributed by atoms with E-state index in [0.29, 0.717) is 44.3 Å². The molecule has 0 saturated carbocycles. The number of aliphatic imine (C=N–C) groups is 2. The highest BCUT2D eigenvalue weighted by atomic mass is 35.5. The van der Waals surface area contributed by atoms with Crippen LogP contribution in [0.25, 0.3) is 10.8 Å². The number of halogens is 2. The number of benzene rings is 6. The van der Waals surface area contributed by atoms with E-state index in [1.807, 2.05) is 42.5 Å². The van der Waals surface area contributed by atoms with Crippen LogP contribution in [0.1, 0.15) is 80.2 Å². The smallest absolute Gasteiger partial charge is 0.245 e. The molecule has 32 heteroatoms. The van der Waals surface area contributed by atoms with E-state index >= 15 is 4.79 Å². The zero-order chi connectivity index (χ0) is 77.0. The van der Waals surface area contributed by atoms with E-state index < -0.39 is 132 Å². The van der Waals surface area contributed by atoms with E-state index in [4.69, 9.17) is 51.9 Å². The van der Waals surface area contributed by atoms with Crippen molar-refractivity contribution in [1.29, 1.82) is 0 Å². The van der Waals surface area contributed by atoms with Crippen LogP contribution < -0.4 is 76.5 Å². The number of fused-ring (bicyclic) bond motifs is 1. The predicted octanol–water partition coefficient (Wildman–Crippen LogP) is 0.344. The van der Waals surface area contributed by atoms with Crippen molar-refractivity contribution in [1.82, 2.24) is 52.8 Å². The molecule has 1 saturated heterocycles. The third-order valence-corrected chi connectivity index (χ3v) is 17.9. The Morgan fingerprint density at radius 1 is 0.462 bits per heavy atom. The van der Waals surface area contributed by atoms with E-state index in [9.17, 15) is 58.2 Å². The lowest BCUT2D eigenvalue weighted by atomic mass is 9.99. The number of hydrogen-bond donors (Lipinski definition) is 16. The van der Waals surface area contributed by atoms with Crippen LogP contribution >= 0.6 is 23.2 Å². The number of nitrogens with two attached hydrogens (primary N) is 5. The van der Waals surface area contributed by atoms with Gasteiger partial charge in [-0.1, -0.05) is 132 Å². The van der Waals surface area contributed by atoms with Crippen molar-refractivity contribution in [2.45, 2.75) is 145 Å². The Hall–Kier alpha value is -11.4. The van der Waals surface area contributed by atoms with E-state index in [1.165, 1.54) is 43.0 Å². The first-order valence-corrected chi connectivity index (χ1v) is 35.2. The Morgan fingerprint density at radius 2 is 0.840 bits per heavy atom. The van der Waals surface area contributed by atoms with Gasteiger partial charge in [0.2, 0.25) is 65.0 Å². The zero-order valence-electron chi connectivity index (χ0n) is 58.6. The van der Waals surface area contributed by atoms with Gasteiger partial charge >= 0.3 is 0 Å². The lowest BCUT2D eigenvalue weighted by Gasteiger charge is -2.30. The second-order valence-electron chi connectivity index (χ2n) is 25.7. The van der Waals surface area contributed by atoms with Crippen molar-refractivity contribution < 1.29 is 63.0 Å². The number of likely N-dealkylation sites (tertiary alicyclic amines) is 1. The fourth-order valence-electron chi connectivity index (χ4n) is 11.8. The Balaban J connectivity index is 1.15. The highest BCUT2D eigenvalue weighted by Crippen LogP contribution is 2.23. The summed E-state index contributed by atoms with van der Waals surface area (Å²) in [6.07, 6.45) is -0.328. The molecule has 0 aromatic heterocycles. The fraction of sp³-hybridized carbons (Fsp3) is 0.365. The highest BCUT2D eigenvalue weighted by molar-refractivity contribution is 6.30. The van der Waals surface area contributed by atoms with Crippen LogP contribution in [-0.2, 0) is 84.8 Å². The van der Waals surface area contributed by atoms with Gasteiger partial charge in [0.05, 0.1) is 6.61 Å². The number of rotatable bonds is 38. The molecular formula is C74H91Cl2N17O13. The van der Waals surface area contributed by atoms with Crippen LogP contribution in [0, 0.1) is 0 Å². The van der Waals surface area contributed by atoms with Gasteiger partial charge < -0.3 is 91.6 Å². The molecule has 11 amide bonds. The number of aliphatic hydroxyl groups excluding tert-OH is 1. The van der Waals surface area contributed by atoms with Crippen molar-refractivity contribution in [3.05, 3.63) is 183 Å². The van der Waals surface area contributed by atoms with E-state index in [-0.39, 0.29) is 102 Å². The van der Waals surface area contributed by atoms with Gasteiger partial charge in [0, 0.05) is 68.7 Å². The molecule has 0 unspecified atom stereocenters. The molecule has 0 radical (unpaired) electrons. The summed E-state index contributed by atoms with van der Waals surface area (Å²) >= 11 is 12.5. The summed E-state index contributed by atoms with van der Waals surface area (Å²) in [6, 6.07) is 25.8. The standard InChI is InChI=1S/C74H91Cl2N17O13/c1-42(63(77)97)84-71(105)62-17-10-34-93(62)72(106)55(16-9-33-83-74(80)81)87-67(101)57(36-44-11-4-3-5-12-44)88-64(98)54(15-8-32-82-73(78)79)86-66(100)58(39-47-23-30-53(96)31-24-47)91-70(104)61(41-94)92-69(103)60(38-46-21-28-52(76)29-22-46)90-68(102)59(37-45-19-26-51(75)27-20-45)89-65(99)56(85-43(2)95)40-48-18-25-49-13-6-7-14-50(49)35-48/h3-7,11-14,18-31,35,42,54-62,94,96H,8-10,15-17,32-34,36-41H2,1-2H3,(H2,77,97)(H,84,105)(H,85,95)(H,86,100)(H,87,101)(H,88,98)(H,89,99)(H,90,102)(H,91,104)(H,92,103)(H4,78,79,82)(H4,80,81,83)/t42-,54-,55+,56-,57+,58+,59-,60-,61+,62+/m1/s1. The Bertz CT molecular complexity index is 4110. The Morgan fingerprint density at radius 3 is 1.30 bits per heavy atom. The van der Waals surface area contributed by atoms with E-state index in [2.05, 4.69) is 57.8 Å². The van der Waals surface area contributed by atoms with E-state index in [1.54, 1.807) is 78.9 Å². The molecule has 10 atom stereocenters. The summed E-state index contributed by atoms with van der Waals surface area (Å²) in [5.74, 6) is -9.85. The summed E-state index contributed by atoms with van der Waals surface area (Å²) in [7, 11) is 0. The molecule has 6 aromatic rings. The summed E-state index contributed by atoms with van der Waals surface area (Å²) in [5.41, 5.74) is 30.5. The summed E-state index contributed by atoms with van der Waals surface area (Å²) in [4.78, 5) is 166. The van der Waals surface area contributed by atoms with Gasteiger partial charge in [-0.05, 0) is 120 Å². The van der Waals surface area contributed by atoms with Crippen molar-refractivity contribution in [2.24, 2.45) is 38.7 Å². The zero-order valence-corrected chi connectivity index (χ0v) is 60.1. The first kappa shape index (κ1) is 81.9. The molecule has 1 aliphatic rings. The minimum atomic E-state index is -1.86. The molecule has 1 fully saturated rings. The van der Waals surface area contributed by atoms with Crippen LogP contribution in [0.15, 0.2) is 156 Å². The number of phenolic OH excluding ortho intramolecular Hbond substituents is 1. The lowest BCUT2D eigenvalue weighted by molar-refractivity contribution is -0.142. The number of aliphatic hydroxyl groups is 1. The quantitative estimate of drug-likeness (QED) is 0.0141. The van der Waals surface area contributed by atoms with E-state index in [0.717, 1.165) is 10.8 Å². The fourth-order valence-corrected chi connectivity index (χ4v) is 12.1. The number of carbonyl (C=O) groups excluding carboxylic acids is 11. The molecule has 1 heterocycles. The maximum absolute atomic E-state index is 15.0. The van der Waals surface area contributed by atoms with Crippen LogP contribution in [0.2, 0.25) is 10.0 Å². The van der Waals surface area contributed by atoms with Gasteiger partial charge in [-0.15, -0.1) is 0 Å². The number of aromatic hydroxyl groups is 1. The van der Waals surface area contributed by atoms with Crippen molar-refractivity contribution in [2.75, 3.05) is 26.2 Å². The van der Waals surface area contributed by atoms with Crippen LogP contribution in [0.4, 0.5) is 0 Å². The molecular weight excluding hydrogens is 1410 g/mol. The molecule has 0 aliphatic carbocycles. The number of carbonyl (C=O) groups is 11. The monoisotopic (exact) mass is 1500 g/mol. The van der Waals surface area contributed by atoms with Gasteiger partial charge in [0.1, 0.15) is 66.2 Å². The molecule has 6 aromatic carbocycles. The normalized spacial score (nSPS) is 15.0. The number of amides is 11. The minimum absolute atomic E-state index is 0.0221. The lowest BCUT2D eigenvalue weighted by Crippen LogP contribution is -2.61. The van der Waals surface area contributed by atoms with Crippen LogP contribution in [-0.4, -0.2) is 179 Å². The molecule has 106 heavy (non-hydrogen) atoms. The Kier molecular flexibility index (Phi) is 31.4. The summed E-state index contributed by atoms with van der Waals surface area (Å²) in [6.45, 7) is 1.66. The van der Waals surface area contributed by atoms with Crippen molar-refractivity contribution in [3.63, 3.8) is 0 Å². The Labute approximate surface area is 622 Å². The third kappa shape index (κ3) is 26.1. The average molecular weight is 1500 g/mol. The summed E-state index contributed by atoms with van der Waals surface area (Å²) < 4.78 is 0. The molecule has 0 spiro atoms. The van der Waals surface area contributed by atoms with Crippen LogP contribution in [0.5, 0.6) is 5.75 Å². The molecule has 1 aliphatic heterocycles. The first-order chi connectivity index (χ1) is 50.6. The maximum atomic E-state index is 15.0. The molecule has 0 bridgehead atoms. The number of hydrogen-bond acceptors (Lipinski definition) is 15. The summed E-state index contributed by atoms with van der Waals surface area (Å²) in [5, 5.41) is 47.8. The van der Waals surface area contributed by atoms with Gasteiger partial charge in [-0.2, -0.15) is 0 Å². The van der Waals surface area contributed by atoms with Gasteiger partial charge in [-0.3, -0.25) is 62.7 Å². The average Bonchev–Trinajstić information content (AvgIpc) is 1.64. The number of nitrogens with one attached hydrogen (secondary N) is 9. The van der Waals surface area contributed by atoms with Gasteiger partial charge in [-0.25, -0.2) is 0 Å². The number of guanidine groups is 2. The molecule has 564 valence electrons. The van der Waals surface area contributed by atoms with Gasteiger partial charge in [0.25, 0.3) is 0 Å². The van der Waals surface area contributed by atoms with Crippen molar-refractivity contribution in [3.8, 4) is 5.75 Å². The molecule has 30 nitrogen and oxygen atoms in total. The predicted molar refractivity (Wildman–Crippen MR) is 399 cm³/mol.